The van der Waals surface area contributed by atoms with E-state index in [-0.39, 0.29) is 5.41 Å². The molecular weight excluding hydrogens is 267 g/mol. The summed E-state index contributed by atoms with van der Waals surface area (Å²) in [5, 5.41) is 0. The van der Waals surface area contributed by atoms with Crippen LogP contribution in [0.5, 0.6) is 0 Å². The summed E-state index contributed by atoms with van der Waals surface area (Å²) in [6.07, 6.45) is 3.51. The fraction of sp³-hybridized carbons (Fsp3) is 0.600. The molecule has 3 heteroatoms. The van der Waals surface area contributed by atoms with E-state index in [0.717, 1.165) is 25.9 Å². The quantitative estimate of drug-likeness (QED) is 0.734. The average molecular weight is 287 g/mol. The van der Waals surface area contributed by atoms with Crippen LogP contribution in [-0.2, 0) is 10.2 Å². The Morgan fingerprint density at radius 3 is 2.67 bits per heavy atom. The Morgan fingerprint density at radius 1 is 1.33 bits per heavy atom. The second-order valence-corrected chi connectivity index (χ2v) is 5.79. The van der Waals surface area contributed by atoms with Crippen molar-refractivity contribution in [2.75, 3.05) is 18.4 Å². The summed E-state index contributed by atoms with van der Waals surface area (Å²) in [6, 6.07) is 8.50. The zero-order chi connectivity index (χ0) is 13.0. The second kappa shape index (κ2) is 6.27. The lowest BCUT2D eigenvalue weighted by atomic mass is 9.78. The number of hydrogen-bond acceptors (Lipinski definition) is 1. The third kappa shape index (κ3) is 3.01. The summed E-state index contributed by atoms with van der Waals surface area (Å²) in [4.78, 5) is 0. The van der Waals surface area contributed by atoms with E-state index in [9.17, 15) is 0 Å². The summed E-state index contributed by atoms with van der Waals surface area (Å²) < 4.78 is 5.75. The van der Waals surface area contributed by atoms with Gasteiger partial charge in [0.25, 0.3) is 0 Å². The van der Waals surface area contributed by atoms with Gasteiger partial charge in [0.2, 0.25) is 0 Å². The Balaban J connectivity index is 2.24. The highest BCUT2D eigenvalue weighted by molar-refractivity contribution is 6.22. The largest absolute Gasteiger partial charge is 0.378 e. The molecule has 1 aromatic rings. The standard InChI is InChI=1S/C15H20Cl2O/c1-12-4-2-5-13(8-12)15(10-16,11-17)9-14-6-3-7-18-14/h2,4-5,8,14H,3,6-7,9-11H2,1H3. The van der Waals surface area contributed by atoms with Crippen molar-refractivity contribution in [3.05, 3.63) is 35.4 Å². The van der Waals surface area contributed by atoms with Crippen LogP contribution in [0.4, 0.5) is 0 Å². The number of ether oxygens (including phenoxy) is 1. The smallest absolute Gasteiger partial charge is 0.0585 e. The fourth-order valence-corrected chi connectivity index (χ4v) is 3.45. The Morgan fingerprint density at radius 2 is 2.11 bits per heavy atom. The number of alkyl halides is 2. The molecule has 1 aliphatic heterocycles. The number of rotatable bonds is 5. The van der Waals surface area contributed by atoms with E-state index in [1.165, 1.54) is 11.1 Å². The summed E-state index contributed by atoms with van der Waals surface area (Å²) >= 11 is 12.5. The molecule has 1 aromatic carbocycles. The van der Waals surface area contributed by atoms with Gasteiger partial charge in [-0.3, -0.25) is 0 Å². The van der Waals surface area contributed by atoms with Gasteiger partial charge in [-0.2, -0.15) is 0 Å². The normalized spacial score (nSPS) is 20.3. The van der Waals surface area contributed by atoms with Crippen LogP contribution in [0.25, 0.3) is 0 Å². The van der Waals surface area contributed by atoms with Gasteiger partial charge in [-0.25, -0.2) is 0 Å². The van der Waals surface area contributed by atoms with Crippen LogP contribution in [-0.4, -0.2) is 24.5 Å². The third-order valence-electron chi connectivity index (χ3n) is 3.78. The summed E-state index contributed by atoms with van der Waals surface area (Å²) in [7, 11) is 0. The van der Waals surface area contributed by atoms with Crippen LogP contribution in [0.1, 0.15) is 30.4 Å². The molecule has 1 saturated heterocycles. The Hall–Kier alpha value is -0.240. The zero-order valence-corrected chi connectivity index (χ0v) is 12.3. The van der Waals surface area contributed by atoms with Crippen molar-refractivity contribution in [2.45, 2.75) is 37.7 Å². The first-order chi connectivity index (χ1) is 8.70. The van der Waals surface area contributed by atoms with Crippen LogP contribution in [0.3, 0.4) is 0 Å². The molecule has 1 aliphatic rings. The SMILES string of the molecule is Cc1cccc(C(CCl)(CCl)CC2CCCO2)c1. The number of aryl methyl sites for hydroxylation is 1. The summed E-state index contributed by atoms with van der Waals surface area (Å²) in [5.41, 5.74) is 2.33. The molecule has 1 unspecified atom stereocenters. The van der Waals surface area contributed by atoms with E-state index in [1.54, 1.807) is 0 Å². The molecule has 0 aromatic heterocycles. The van der Waals surface area contributed by atoms with Gasteiger partial charge in [-0.05, 0) is 31.7 Å². The maximum absolute atomic E-state index is 6.25. The molecule has 1 heterocycles. The van der Waals surface area contributed by atoms with Crippen LogP contribution in [0.15, 0.2) is 24.3 Å². The second-order valence-electron chi connectivity index (χ2n) is 5.26. The fourth-order valence-electron chi connectivity index (χ4n) is 2.63. The van der Waals surface area contributed by atoms with Crippen molar-refractivity contribution in [1.29, 1.82) is 0 Å². The third-order valence-corrected chi connectivity index (χ3v) is 4.81. The van der Waals surface area contributed by atoms with E-state index >= 15 is 0 Å². The monoisotopic (exact) mass is 286 g/mol. The molecule has 0 aliphatic carbocycles. The van der Waals surface area contributed by atoms with E-state index in [1.807, 2.05) is 0 Å². The maximum Gasteiger partial charge on any atom is 0.0585 e. The van der Waals surface area contributed by atoms with Crippen LogP contribution >= 0.6 is 23.2 Å². The van der Waals surface area contributed by atoms with Crippen molar-refractivity contribution < 1.29 is 4.74 Å². The number of hydrogen-bond donors (Lipinski definition) is 0. The molecule has 0 radical (unpaired) electrons. The van der Waals surface area contributed by atoms with Crippen molar-refractivity contribution >= 4 is 23.2 Å². The Bertz CT molecular complexity index is 382. The zero-order valence-electron chi connectivity index (χ0n) is 10.8. The molecule has 1 atom stereocenters. The Kier molecular flexibility index (Phi) is 4.94. The summed E-state index contributed by atoms with van der Waals surface area (Å²) in [6.45, 7) is 2.97. The first-order valence-electron chi connectivity index (χ1n) is 6.51. The highest BCUT2D eigenvalue weighted by atomic mass is 35.5. The molecule has 0 amide bonds. The van der Waals surface area contributed by atoms with Crippen LogP contribution in [0, 0.1) is 6.92 Å². The molecule has 0 saturated carbocycles. The van der Waals surface area contributed by atoms with E-state index in [0.29, 0.717) is 17.9 Å². The van der Waals surface area contributed by atoms with E-state index in [4.69, 9.17) is 27.9 Å². The van der Waals surface area contributed by atoms with Gasteiger partial charge >= 0.3 is 0 Å². The van der Waals surface area contributed by atoms with Gasteiger partial charge in [0.05, 0.1) is 6.10 Å². The molecule has 1 nitrogen and oxygen atoms in total. The minimum Gasteiger partial charge on any atom is -0.378 e. The minimum atomic E-state index is -0.163. The minimum absolute atomic E-state index is 0.163. The van der Waals surface area contributed by atoms with Gasteiger partial charge in [0.15, 0.2) is 0 Å². The molecule has 0 spiro atoms. The topological polar surface area (TPSA) is 9.23 Å². The number of halogens is 2. The van der Waals surface area contributed by atoms with Gasteiger partial charge in [0, 0.05) is 23.8 Å². The summed E-state index contributed by atoms with van der Waals surface area (Å²) in [5.74, 6) is 1.08. The van der Waals surface area contributed by atoms with Crippen molar-refractivity contribution in [1.82, 2.24) is 0 Å². The average Bonchev–Trinajstić information content (AvgIpc) is 2.89. The van der Waals surface area contributed by atoms with Crippen molar-refractivity contribution in [3.63, 3.8) is 0 Å². The lowest BCUT2D eigenvalue weighted by Crippen LogP contribution is -2.35. The van der Waals surface area contributed by atoms with Gasteiger partial charge in [-0.15, -0.1) is 23.2 Å². The molecule has 18 heavy (non-hydrogen) atoms. The predicted octanol–water partition coefficient (Wildman–Crippen LogP) is 4.28. The Labute approximate surface area is 119 Å². The van der Waals surface area contributed by atoms with Crippen LogP contribution in [0.2, 0.25) is 0 Å². The highest BCUT2D eigenvalue weighted by Gasteiger charge is 2.35. The molecule has 0 N–H and O–H groups in total. The van der Waals surface area contributed by atoms with Crippen LogP contribution < -0.4 is 0 Å². The van der Waals surface area contributed by atoms with Crippen molar-refractivity contribution in [3.8, 4) is 0 Å². The van der Waals surface area contributed by atoms with E-state index in [2.05, 4.69) is 31.2 Å². The molecular formula is C15H20Cl2O. The van der Waals surface area contributed by atoms with Gasteiger partial charge < -0.3 is 4.74 Å². The highest BCUT2D eigenvalue weighted by Crippen LogP contribution is 2.35. The molecule has 0 bridgehead atoms. The van der Waals surface area contributed by atoms with Crippen molar-refractivity contribution in [2.24, 2.45) is 0 Å². The molecule has 1 fully saturated rings. The predicted molar refractivity (Wildman–Crippen MR) is 77.9 cm³/mol. The molecule has 100 valence electrons. The lowest BCUT2D eigenvalue weighted by molar-refractivity contribution is 0.0884. The van der Waals surface area contributed by atoms with Gasteiger partial charge in [0.1, 0.15) is 0 Å². The van der Waals surface area contributed by atoms with E-state index < -0.39 is 0 Å². The first kappa shape index (κ1) is 14.2. The van der Waals surface area contributed by atoms with Gasteiger partial charge in [-0.1, -0.05) is 29.8 Å². The maximum atomic E-state index is 6.25. The molecule has 2 rings (SSSR count). The first-order valence-corrected chi connectivity index (χ1v) is 7.58. The number of benzene rings is 1. The lowest BCUT2D eigenvalue weighted by Gasteiger charge is -2.32.